The van der Waals surface area contributed by atoms with Crippen LogP contribution in [0.3, 0.4) is 0 Å². The zero-order valence-electron chi connectivity index (χ0n) is 26.1. The number of fused-ring (bicyclic) bond motifs is 2. The van der Waals surface area contributed by atoms with Gasteiger partial charge in [-0.3, -0.25) is 0 Å². The molecule has 0 radical (unpaired) electrons. The molecule has 5 aromatic rings. The van der Waals surface area contributed by atoms with E-state index in [0.717, 1.165) is 32.7 Å². The van der Waals surface area contributed by atoms with E-state index < -0.39 is 34.8 Å². The molecule has 1 aliphatic heterocycles. The molecule has 1 saturated heterocycles. The zero-order valence-corrected chi connectivity index (χ0v) is 28.3. The van der Waals surface area contributed by atoms with E-state index in [1.807, 2.05) is 123 Å². The Kier molecular flexibility index (Phi) is 10.7. The quantitative estimate of drug-likeness (QED) is 0.131. The molecule has 5 aromatic carbocycles. The maximum atomic E-state index is 13.7. The van der Waals surface area contributed by atoms with E-state index in [4.69, 9.17) is 18.9 Å². The SMILES string of the molecule is C/C=C(\C)[C](=[V])OC1S[C@H](COC(=O)c2ccc3ccccc3c2)[C@H](OC(=O)c2ccc3ccccc3c2)[C@@H]1OCc1ccccc1. The summed E-state index contributed by atoms with van der Waals surface area (Å²) >= 11 is 3.90. The summed E-state index contributed by atoms with van der Waals surface area (Å²) in [4.78, 5) is 27.0. The fourth-order valence-electron chi connectivity index (χ4n) is 5.40. The first-order valence-electron chi connectivity index (χ1n) is 15.4. The summed E-state index contributed by atoms with van der Waals surface area (Å²) in [6, 6.07) is 36.5. The number of hydrogen-bond acceptors (Lipinski definition) is 7. The summed E-state index contributed by atoms with van der Waals surface area (Å²) in [5, 5.41) is 3.49. The summed E-state index contributed by atoms with van der Waals surface area (Å²) in [7, 11) is 0. The molecule has 0 bridgehead atoms. The number of carbonyl (C=O) groups is 2. The van der Waals surface area contributed by atoms with Crippen LogP contribution in [0, 0.1) is 0 Å². The molecule has 0 aromatic heterocycles. The van der Waals surface area contributed by atoms with Gasteiger partial charge >= 0.3 is 264 Å². The van der Waals surface area contributed by atoms with Crippen molar-refractivity contribution in [3.05, 3.63) is 144 Å². The van der Waals surface area contributed by atoms with Crippen LogP contribution in [0.15, 0.2) is 127 Å². The van der Waals surface area contributed by atoms with Crippen molar-refractivity contribution >= 4 is 49.7 Å². The molecule has 0 aliphatic carbocycles. The van der Waals surface area contributed by atoms with Crippen molar-refractivity contribution < 1.29 is 45.5 Å². The number of carbonyl (C=O) groups excluding carboxylic acids is 2. The summed E-state index contributed by atoms with van der Waals surface area (Å²) in [5.74, 6) is -0.937. The van der Waals surface area contributed by atoms with Crippen molar-refractivity contribution in [2.24, 2.45) is 0 Å². The standard InChI is InChI=1S/C39H34O6S.V/c1-3-26(2)23-44-39-36(42-24-27-11-5-4-6-12-27)35(45-38(41)33-20-18-29-14-8-10-16-31(29)22-33)34(46-39)25-43-37(40)32-19-17-28-13-7-9-15-30(28)21-32;/h3-22,34-36,39H,24-25H2,1-2H3;/b26-3+;/t34-,35+,36+,39?;/m1./s1. The summed E-state index contributed by atoms with van der Waals surface area (Å²) < 4.78 is 25.8. The van der Waals surface area contributed by atoms with Crippen molar-refractivity contribution in [3.8, 4) is 0 Å². The molecule has 1 unspecified atom stereocenters. The molecule has 237 valence electrons. The fourth-order valence-corrected chi connectivity index (χ4v) is 7.29. The van der Waals surface area contributed by atoms with Crippen LogP contribution in [0.4, 0.5) is 0 Å². The number of allylic oxidation sites excluding steroid dienone is 1. The summed E-state index contributed by atoms with van der Waals surface area (Å²) in [6.45, 7) is 4.19. The Balaban J connectivity index is 1.27. The van der Waals surface area contributed by atoms with E-state index in [1.165, 1.54) is 11.8 Å². The van der Waals surface area contributed by atoms with Crippen LogP contribution in [-0.2, 0) is 42.5 Å². The average Bonchev–Trinajstić information content (AvgIpc) is 3.43. The molecule has 6 nitrogen and oxygen atoms in total. The first-order chi connectivity index (χ1) is 22.9. The molecular formula is C39H34O6SV. The Morgan fingerprint density at radius 2 is 1.30 bits per heavy atom. The Hall–Kier alpha value is -3.98. The third-order valence-corrected chi connectivity index (χ3v) is 10.2. The Morgan fingerprint density at radius 3 is 1.91 bits per heavy atom. The van der Waals surface area contributed by atoms with E-state index in [1.54, 1.807) is 12.1 Å². The molecule has 4 atom stereocenters. The molecular weight excluding hydrogens is 647 g/mol. The summed E-state index contributed by atoms with van der Waals surface area (Å²) in [6.07, 6.45) is 0.536. The van der Waals surface area contributed by atoms with Gasteiger partial charge in [0.1, 0.15) is 0 Å². The molecule has 1 aliphatic rings. The second-order valence-corrected chi connectivity index (χ2v) is 13.3. The van der Waals surface area contributed by atoms with E-state index in [2.05, 4.69) is 17.0 Å². The molecule has 0 saturated carbocycles. The van der Waals surface area contributed by atoms with Gasteiger partial charge in [0.25, 0.3) is 0 Å². The number of rotatable bonds is 11. The molecule has 6 rings (SSSR count). The normalized spacial score (nSPS) is 19.5. The second-order valence-electron chi connectivity index (χ2n) is 11.3. The minimum atomic E-state index is -0.775. The van der Waals surface area contributed by atoms with Gasteiger partial charge in [-0.25, -0.2) is 0 Å². The van der Waals surface area contributed by atoms with Crippen molar-refractivity contribution in [2.45, 2.75) is 43.3 Å². The third-order valence-electron chi connectivity index (χ3n) is 8.14. The molecule has 0 amide bonds. The molecule has 1 heterocycles. The van der Waals surface area contributed by atoms with Crippen LogP contribution in [0.25, 0.3) is 21.5 Å². The number of thioether (sulfide) groups is 1. The number of hydrogen-bond donors (Lipinski definition) is 0. The van der Waals surface area contributed by atoms with Crippen molar-refractivity contribution in [1.29, 1.82) is 0 Å². The first-order valence-corrected chi connectivity index (χ1v) is 17.1. The van der Waals surface area contributed by atoms with Gasteiger partial charge in [-0.2, -0.15) is 0 Å². The van der Waals surface area contributed by atoms with Crippen molar-refractivity contribution in [2.75, 3.05) is 6.61 Å². The van der Waals surface area contributed by atoms with Crippen molar-refractivity contribution in [1.82, 2.24) is 0 Å². The number of ether oxygens (including phenoxy) is 4. The van der Waals surface area contributed by atoms with Gasteiger partial charge in [-0.05, 0) is 0 Å². The molecule has 0 spiro atoms. The van der Waals surface area contributed by atoms with Gasteiger partial charge in [-0.1, -0.05) is 24.3 Å². The molecule has 47 heavy (non-hydrogen) atoms. The van der Waals surface area contributed by atoms with Gasteiger partial charge in [0.05, 0.1) is 0 Å². The van der Waals surface area contributed by atoms with E-state index in [-0.39, 0.29) is 13.2 Å². The van der Waals surface area contributed by atoms with Gasteiger partial charge in [-0.15, -0.1) is 0 Å². The Labute approximate surface area is 287 Å². The molecule has 1 fully saturated rings. The van der Waals surface area contributed by atoms with Crippen LogP contribution in [0.1, 0.15) is 40.1 Å². The molecule has 0 N–H and O–H groups in total. The average molecular weight is 682 g/mol. The van der Waals surface area contributed by atoms with E-state index in [9.17, 15) is 9.59 Å². The maximum absolute atomic E-state index is 13.7. The van der Waals surface area contributed by atoms with E-state index in [0.29, 0.717) is 15.5 Å². The first kappa shape index (κ1) is 32.9. The zero-order chi connectivity index (χ0) is 32.8. The topological polar surface area (TPSA) is 71.1 Å². The Morgan fingerprint density at radius 1 is 0.723 bits per heavy atom. The summed E-state index contributed by atoms with van der Waals surface area (Å²) in [5.41, 5.74) is 2.28. The van der Waals surface area contributed by atoms with Crippen LogP contribution >= 0.6 is 11.8 Å². The fraction of sp³-hybridized carbons (Fsp3) is 0.205. The predicted octanol–water partition coefficient (Wildman–Crippen LogP) is 8.06. The Bertz CT molecular complexity index is 1940. The van der Waals surface area contributed by atoms with Gasteiger partial charge < -0.3 is 0 Å². The van der Waals surface area contributed by atoms with Gasteiger partial charge in [0, 0.05) is 0 Å². The van der Waals surface area contributed by atoms with Gasteiger partial charge in [0.2, 0.25) is 0 Å². The molecule has 8 heteroatoms. The van der Waals surface area contributed by atoms with Crippen LogP contribution < -0.4 is 0 Å². The predicted molar refractivity (Wildman–Crippen MR) is 183 cm³/mol. The van der Waals surface area contributed by atoms with Gasteiger partial charge in [0.15, 0.2) is 0 Å². The number of esters is 2. The third kappa shape index (κ3) is 7.95. The van der Waals surface area contributed by atoms with E-state index >= 15 is 0 Å². The van der Waals surface area contributed by atoms with Crippen LogP contribution in [-0.4, -0.2) is 45.9 Å². The number of benzene rings is 5. The van der Waals surface area contributed by atoms with Crippen LogP contribution in [0.2, 0.25) is 0 Å². The second kappa shape index (κ2) is 15.3. The minimum absolute atomic E-state index is 0.00639. The monoisotopic (exact) mass is 681 g/mol. The van der Waals surface area contributed by atoms with Crippen LogP contribution in [0.5, 0.6) is 0 Å². The van der Waals surface area contributed by atoms with Crippen molar-refractivity contribution in [3.63, 3.8) is 0 Å².